The van der Waals surface area contributed by atoms with E-state index < -0.39 is 0 Å². The molecular formula is C18H30N4O3. The van der Waals surface area contributed by atoms with E-state index in [0.717, 1.165) is 31.2 Å². The van der Waals surface area contributed by atoms with E-state index in [4.69, 9.17) is 9.47 Å². The molecule has 1 aromatic heterocycles. The van der Waals surface area contributed by atoms with Crippen LogP contribution in [0.25, 0.3) is 0 Å². The van der Waals surface area contributed by atoms with Crippen LogP contribution in [0, 0.1) is 0 Å². The maximum atomic E-state index is 12.4. The third kappa shape index (κ3) is 4.52. The van der Waals surface area contributed by atoms with E-state index in [1.54, 1.807) is 0 Å². The fraction of sp³-hybridized carbons (Fsp3) is 0.778. The highest BCUT2D eigenvalue weighted by Gasteiger charge is 2.33. The lowest BCUT2D eigenvalue weighted by atomic mass is 10.0. The molecule has 3 heterocycles. The molecule has 2 saturated heterocycles. The number of hydrogen-bond acceptors (Lipinski definition) is 4. The van der Waals surface area contributed by atoms with Gasteiger partial charge in [0.15, 0.2) is 0 Å². The van der Waals surface area contributed by atoms with Gasteiger partial charge in [-0.25, -0.2) is 4.79 Å². The lowest BCUT2D eigenvalue weighted by Crippen LogP contribution is -2.49. The van der Waals surface area contributed by atoms with Crippen molar-refractivity contribution in [3.8, 4) is 0 Å². The monoisotopic (exact) mass is 350 g/mol. The van der Waals surface area contributed by atoms with E-state index in [0.29, 0.717) is 19.3 Å². The molecule has 2 N–H and O–H groups in total. The Balaban J connectivity index is 1.54. The van der Waals surface area contributed by atoms with Crippen molar-refractivity contribution in [3.05, 3.63) is 18.0 Å². The van der Waals surface area contributed by atoms with Crippen molar-refractivity contribution in [1.29, 1.82) is 0 Å². The molecule has 2 amide bonds. The highest BCUT2D eigenvalue weighted by molar-refractivity contribution is 5.74. The molecule has 25 heavy (non-hydrogen) atoms. The molecule has 2 aliphatic heterocycles. The lowest BCUT2D eigenvalue weighted by Gasteiger charge is -2.30. The molecule has 1 aromatic rings. The number of ether oxygens (including phenoxy) is 2. The number of carbonyl (C=O) groups is 1. The second-order valence-electron chi connectivity index (χ2n) is 7.27. The fourth-order valence-corrected chi connectivity index (χ4v) is 3.54. The molecule has 0 radical (unpaired) electrons. The summed E-state index contributed by atoms with van der Waals surface area (Å²) in [4.78, 5) is 12.4. The van der Waals surface area contributed by atoms with Gasteiger partial charge in [0, 0.05) is 37.1 Å². The Hall–Kier alpha value is -1.60. The zero-order valence-electron chi connectivity index (χ0n) is 15.4. The Kier molecular flexibility index (Phi) is 5.96. The molecule has 7 heteroatoms. The molecule has 7 nitrogen and oxygen atoms in total. The minimum atomic E-state index is -0.128. The van der Waals surface area contributed by atoms with Crippen molar-refractivity contribution in [2.24, 2.45) is 0 Å². The zero-order valence-corrected chi connectivity index (χ0v) is 15.4. The van der Waals surface area contributed by atoms with Gasteiger partial charge in [-0.3, -0.25) is 4.68 Å². The van der Waals surface area contributed by atoms with Crippen LogP contribution in [0.1, 0.15) is 64.2 Å². The van der Waals surface area contributed by atoms with Gasteiger partial charge in [0.1, 0.15) is 6.10 Å². The number of urea groups is 1. The van der Waals surface area contributed by atoms with E-state index >= 15 is 0 Å². The van der Waals surface area contributed by atoms with Crippen LogP contribution in [-0.4, -0.2) is 47.2 Å². The molecule has 4 atom stereocenters. The van der Waals surface area contributed by atoms with Gasteiger partial charge in [0.25, 0.3) is 0 Å². The normalized spacial score (nSPS) is 29.8. The Morgan fingerprint density at radius 3 is 2.84 bits per heavy atom. The summed E-state index contributed by atoms with van der Waals surface area (Å²) in [7, 11) is 0. The zero-order chi connectivity index (χ0) is 17.8. The number of hydrogen-bond donors (Lipinski definition) is 2. The summed E-state index contributed by atoms with van der Waals surface area (Å²) >= 11 is 0. The molecular weight excluding hydrogens is 320 g/mol. The molecule has 0 aliphatic carbocycles. The van der Waals surface area contributed by atoms with Crippen molar-refractivity contribution in [2.75, 3.05) is 13.2 Å². The summed E-state index contributed by atoms with van der Waals surface area (Å²) in [5.41, 5.74) is 1.02. The van der Waals surface area contributed by atoms with Crippen LogP contribution in [0.3, 0.4) is 0 Å². The first-order chi connectivity index (χ1) is 12.1. The summed E-state index contributed by atoms with van der Waals surface area (Å²) in [5.74, 6) is 0. The highest BCUT2D eigenvalue weighted by Crippen LogP contribution is 2.29. The first-order valence-corrected chi connectivity index (χ1v) is 9.41. The molecule has 2 fully saturated rings. The summed E-state index contributed by atoms with van der Waals surface area (Å²) in [6, 6.07) is 0.359. The molecule has 140 valence electrons. The minimum absolute atomic E-state index is 0.0216. The Bertz CT molecular complexity index is 574. The maximum absolute atomic E-state index is 12.4. The van der Waals surface area contributed by atoms with Crippen LogP contribution < -0.4 is 10.6 Å². The molecule has 2 aliphatic rings. The van der Waals surface area contributed by atoms with Crippen LogP contribution in [-0.2, 0) is 9.47 Å². The van der Waals surface area contributed by atoms with Gasteiger partial charge >= 0.3 is 6.03 Å². The van der Waals surface area contributed by atoms with E-state index in [9.17, 15) is 4.79 Å². The van der Waals surface area contributed by atoms with Crippen molar-refractivity contribution >= 4 is 6.03 Å². The van der Waals surface area contributed by atoms with Crippen LogP contribution in [0.15, 0.2) is 12.4 Å². The third-order valence-electron chi connectivity index (χ3n) is 5.05. The standard InChI is InChI=1S/C18H30N4O3/c1-4-15-9-14(5-7-24-15)20-18(23)21-16-6-8-25-17(16)13-10-19-22(11-13)12(2)3/h10-12,14-17H,4-9H2,1-3H3,(H2,20,21,23)/t14?,15?,16-,17+/m1/s1. The van der Waals surface area contributed by atoms with Gasteiger partial charge in [-0.2, -0.15) is 5.10 Å². The average molecular weight is 350 g/mol. The Morgan fingerprint density at radius 1 is 1.32 bits per heavy atom. The summed E-state index contributed by atoms with van der Waals surface area (Å²) in [6.45, 7) is 7.66. The van der Waals surface area contributed by atoms with Gasteiger partial charge in [0.2, 0.25) is 0 Å². The van der Waals surface area contributed by atoms with Gasteiger partial charge in [0.05, 0.1) is 18.3 Å². The van der Waals surface area contributed by atoms with Crippen molar-refractivity contribution in [3.63, 3.8) is 0 Å². The molecule has 0 bridgehead atoms. The predicted octanol–water partition coefficient (Wildman–Crippen LogP) is 2.55. The van der Waals surface area contributed by atoms with Gasteiger partial charge in [-0.1, -0.05) is 6.92 Å². The maximum Gasteiger partial charge on any atom is 0.315 e. The first-order valence-electron chi connectivity index (χ1n) is 9.41. The average Bonchev–Trinajstić information content (AvgIpc) is 3.23. The highest BCUT2D eigenvalue weighted by atomic mass is 16.5. The smallest absolute Gasteiger partial charge is 0.315 e. The van der Waals surface area contributed by atoms with E-state index in [1.807, 2.05) is 17.1 Å². The fourth-order valence-electron chi connectivity index (χ4n) is 3.54. The van der Waals surface area contributed by atoms with Crippen LogP contribution >= 0.6 is 0 Å². The van der Waals surface area contributed by atoms with Crippen LogP contribution in [0.2, 0.25) is 0 Å². The lowest BCUT2D eigenvalue weighted by molar-refractivity contribution is 0.00180. The molecule has 0 spiro atoms. The topological polar surface area (TPSA) is 77.4 Å². The van der Waals surface area contributed by atoms with E-state index in [2.05, 4.69) is 36.5 Å². The minimum Gasteiger partial charge on any atom is -0.378 e. The molecule has 2 unspecified atom stereocenters. The quantitative estimate of drug-likeness (QED) is 0.855. The second kappa shape index (κ2) is 8.19. The number of aromatic nitrogens is 2. The Labute approximate surface area is 149 Å². The van der Waals surface area contributed by atoms with Crippen molar-refractivity contribution < 1.29 is 14.3 Å². The number of nitrogens with zero attached hydrogens (tertiary/aromatic N) is 2. The summed E-state index contributed by atoms with van der Waals surface area (Å²) in [5, 5.41) is 10.6. The molecule has 0 aromatic carbocycles. The first kappa shape index (κ1) is 18.2. The molecule has 3 rings (SSSR count). The number of amides is 2. The van der Waals surface area contributed by atoms with E-state index in [-0.39, 0.29) is 30.3 Å². The Morgan fingerprint density at radius 2 is 2.12 bits per heavy atom. The van der Waals surface area contributed by atoms with Crippen molar-refractivity contribution in [1.82, 2.24) is 20.4 Å². The van der Waals surface area contributed by atoms with Crippen LogP contribution in [0.4, 0.5) is 4.79 Å². The second-order valence-corrected chi connectivity index (χ2v) is 7.27. The number of nitrogens with one attached hydrogen (secondary N) is 2. The third-order valence-corrected chi connectivity index (χ3v) is 5.05. The SMILES string of the molecule is CCC1CC(NC(=O)N[C@@H]2CCO[C@H]2c2cnn(C(C)C)c2)CCO1. The summed E-state index contributed by atoms with van der Waals surface area (Å²) < 4.78 is 13.4. The summed E-state index contributed by atoms with van der Waals surface area (Å²) in [6.07, 6.45) is 7.53. The van der Waals surface area contributed by atoms with Crippen LogP contribution in [0.5, 0.6) is 0 Å². The molecule has 0 saturated carbocycles. The van der Waals surface area contributed by atoms with Gasteiger partial charge < -0.3 is 20.1 Å². The predicted molar refractivity (Wildman–Crippen MR) is 94.4 cm³/mol. The van der Waals surface area contributed by atoms with Gasteiger partial charge in [-0.05, 0) is 39.5 Å². The van der Waals surface area contributed by atoms with Crippen molar-refractivity contribution in [2.45, 2.75) is 76.8 Å². The number of carbonyl (C=O) groups excluding carboxylic acids is 1. The largest absolute Gasteiger partial charge is 0.378 e. The number of rotatable bonds is 5. The van der Waals surface area contributed by atoms with Gasteiger partial charge in [-0.15, -0.1) is 0 Å². The van der Waals surface area contributed by atoms with E-state index in [1.165, 1.54) is 0 Å².